The number of rotatable bonds is 4. The molecule has 0 bridgehead atoms. The van der Waals surface area contributed by atoms with E-state index in [0.29, 0.717) is 11.9 Å². The number of nitrogens with zero attached hydrogens (tertiary/aromatic N) is 3. The van der Waals surface area contributed by atoms with E-state index in [-0.39, 0.29) is 0 Å². The molecule has 0 radical (unpaired) electrons. The number of pyridine rings is 1. The van der Waals surface area contributed by atoms with Crippen LogP contribution in [0.5, 0.6) is 0 Å². The third kappa shape index (κ3) is 3.58. The Morgan fingerprint density at radius 3 is 2.89 bits per heavy atom. The first-order valence-electron chi connectivity index (χ1n) is 5.81. The molecule has 0 aliphatic heterocycles. The van der Waals surface area contributed by atoms with Crippen LogP contribution < -0.4 is 5.32 Å². The van der Waals surface area contributed by atoms with Gasteiger partial charge in [0.25, 0.3) is 0 Å². The van der Waals surface area contributed by atoms with Crippen LogP contribution in [0, 0.1) is 0 Å². The zero-order valence-corrected chi connectivity index (χ0v) is 12.0. The lowest BCUT2D eigenvalue weighted by Gasteiger charge is -2.08. The van der Waals surface area contributed by atoms with Crippen LogP contribution in [0.1, 0.15) is 19.5 Å². The molecule has 0 amide bonds. The molecule has 18 heavy (non-hydrogen) atoms. The molecule has 0 saturated carbocycles. The van der Waals surface area contributed by atoms with Gasteiger partial charge in [-0.15, -0.1) is 0 Å². The van der Waals surface area contributed by atoms with Crippen LogP contribution in [0.3, 0.4) is 0 Å². The lowest BCUT2D eigenvalue weighted by atomic mass is 10.2. The van der Waals surface area contributed by atoms with Crippen LogP contribution in [-0.2, 0) is 6.54 Å². The summed E-state index contributed by atoms with van der Waals surface area (Å²) >= 11 is 3.40. The summed E-state index contributed by atoms with van der Waals surface area (Å²) in [4.78, 5) is 12.9. The molecule has 0 aliphatic carbocycles. The second-order valence-corrected chi connectivity index (χ2v) is 5.21. The fourth-order valence-corrected chi connectivity index (χ4v) is 1.84. The van der Waals surface area contributed by atoms with E-state index in [1.54, 1.807) is 18.6 Å². The van der Waals surface area contributed by atoms with E-state index < -0.39 is 0 Å². The number of hydrogen-bond acceptors (Lipinski definition) is 4. The topological polar surface area (TPSA) is 50.7 Å². The molecule has 1 N–H and O–H groups in total. The normalized spacial score (nSPS) is 10.9. The van der Waals surface area contributed by atoms with Crippen LogP contribution in [0.4, 0.5) is 0 Å². The highest BCUT2D eigenvalue weighted by molar-refractivity contribution is 9.10. The number of nitrogens with one attached hydrogen (secondary N) is 1. The average molecular weight is 307 g/mol. The second kappa shape index (κ2) is 6.02. The number of aromatic nitrogens is 3. The molecule has 0 atom stereocenters. The summed E-state index contributed by atoms with van der Waals surface area (Å²) in [6.07, 6.45) is 5.29. The molecule has 2 aromatic rings. The minimum absolute atomic E-state index is 0.441. The van der Waals surface area contributed by atoms with Gasteiger partial charge >= 0.3 is 0 Å². The van der Waals surface area contributed by atoms with Gasteiger partial charge in [0.15, 0.2) is 5.82 Å². The first-order chi connectivity index (χ1) is 8.65. The zero-order chi connectivity index (χ0) is 13.0. The van der Waals surface area contributed by atoms with Crippen molar-refractivity contribution in [3.63, 3.8) is 0 Å². The van der Waals surface area contributed by atoms with Gasteiger partial charge in [0, 0.05) is 41.2 Å². The third-order valence-corrected chi connectivity index (χ3v) is 2.80. The molecular weight excluding hydrogens is 292 g/mol. The molecular formula is C13H15BrN4. The SMILES string of the molecule is CC(C)NCc1ccnc(-c2cncc(Br)c2)n1. The van der Waals surface area contributed by atoms with E-state index in [1.807, 2.05) is 12.1 Å². The van der Waals surface area contributed by atoms with Gasteiger partial charge in [0.2, 0.25) is 0 Å². The Morgan fingerprint density at radius 1 is 1.33 bits per heavy atom. The van der Waals surface area contributed by atoms with Crippen molar-refractivity contribution in [1.29, 1.82) is 0 Å². The molecule has 0 aliphatic rings. The van der Waals surface area contributed by atoms with Gasteiger partial charge in [-0.1, -0.05) is 13.8 Å². The Bertz CT molecular complexity index is 528. The van der Waals surface area contributed by atoms with Crippen LogP contribution >= 0.6 is 15.9 Å². The standard InChI is InChI=1S/C13H15BrN4/c1-9(2)17-8-12-3-4-16-13(18-12)10-5-11(14)7-15-6-10/h3-7,9,17H,8H2,1-2H3. The van der Waals surface area contributed by atoms with E-state index >= 15 is 0 Å². The molecule has 0 fully saturated rings. The van der Waals surface area contributed by atoms with Crippen molar-refractivity contribution in [2.45, 2.75) is 26.4 Å². The van der Waals surface area contributed by atoms with Gasteiger partial charge in [0.05, 0.1) is 5.69 Å². The summed E-state index contributed by atoms with van der Waals surface area (Å²) in [5.41, 5.74) is 1.89. The van der Waals surface area contributed by atoms with E-state index in [0.717, 1.165) is 22.3 Å². The van der Waals surface area contributed by atoms with Gasteiger partial charge in [-0.25, -0.2) is 9.97 Å². The minimum atomic E-state index is 0.441. The maximum Gasteiger partial charge on any atom is 0.161 e. The van der Waals surface area contributed by atoms with Crippen molar-refractivity contribution in [3.05, 3.63) is 40.9 Å². The van der Waals surface area contributed by atoms with Crippen molar-refractivity contribution < 1.29 is 0 Å². The molecule has 2 rings (SSSR count). The van der Waals surface area contributed by atoms with Gasteiger partial charge < -0.3 is 5.32 Å². The maximum absolute atomic E-state index is 4.52. The Balaban J connectivity index is 2.21. The molecule has 2 aromatic heterocycles. The van der Waals surface area contributed by atoms with Gasteiger partial charge in [-0.05, 0) is 28.1 Å². The molecule has 0 unspecified atom stereocenters. The Kier molecular flexibility index (Phi) is 4.38. The molecule has 2 heterocycles. The first kappa shape index (κ1) is 13.1. The molecule has 0 spiro atoms. The van der Waals surface area contributed by atoms with Gasteiger partial charge in [-0.3, -0.25) is 4.98 Å². The molecule has 94 valence electrons. The zero-order valence-electron chi connectivity index (χ0n) is 10.4. The molecule has 5 heteroatoms. The lowest BCUT2D eigenvalue weighted by molar-refractivity contribution is 0.581. The fourth-order valence-electron chi connectivity index (χ4n) is 1.48. The molecule has 0 aromatic carbocycles. The second-order valence-electron chi connectivity index (χ2n) is 4.30. The Morgan fingerprint density at radius 2 is 2.17 bits per heavy atom. The van der Waals surface area contributed by atoms with Crippen LogP contribution in [-0.4, -0.2) is 21.0 Å². The lowest BCUT2D eigenvalue weighted by Crippen LogP contribution is -2.22. The van der Waals surface area contributed by atoms with Crippen molar-refractivity contribution in [3.8, 4) is 11.4 Å². The van der Waals surface area contributed by atoms with Crippen molar-refractivity contribution >= 4 is 15.9 Å². The van der Waals surface area contributed by atoms with Crippen molar-refractivity contribution in [2.75, 3.05) is 0 Å². The highest BCUT2D eigenvalue weighted by atomic mass is 79.9. The quantitative estimate of drug-likeness (QED) is 0.943. The summed E-state index contributed by atoms with van der Waals surface area (Å²) in [5.74, 6) is 0.701. The summed E-state index contributed by atoms with van der Waals surface area (Å²) in [7, 11) is 0. The van der Waals surface area contributed by atoms with Gasteiger partial charge in [0.1, 0.15) is 0 Å². The summed E-state index contributed by atoms with van der Waals surface area (Å²) in [5, 5.41) is 3.34. The predicted molar refractivity (Wildman–Crippen MR) is 74.9 cm³/mol. The Labute approximate surface area is 115 Å². The van der Waals surface area contributed by atoms with Crippen molar-refractivity contribution in [2.24, 2.45) is 0 Å². The van der Waals surface area contributed by atoms with E-state index in [2.05, 4.69) is 50.0 Å². The summed E-state index contributed by atoms with van der Waals surface area (Å²) < 4.78 is 0.925. The highest BCUT2D eigenvalue weighted by Crippen LogP contribution is 2.18. The predicted octanol–water partition coefficient (Wildman–Crippen LogP) is 2.80. The van der Waals surface area contributed by atoms with Crippen molar-refractivity contribution in [1.82, 2.24) is 20.3 Å². The molecule has 4 nitrogen and oxygen atoms in total. The monoisotopic (exact) mass is 306 g/mol. The van der Waals surface area contributed by atoms with E-state index in [1.165, 1.54) is 0 Å². The summed E-state index contributed by atoms with van der Waals surface area (Å²) in [6, 6.07) is 4.32. The van der Waals surface area contributed by atoms with E-state index in [9.17, 15) is 0 Å². The third-order valence-electron chi connectivity index (χ3n) is 2.37. The van der Waals surface area contributed by atoms with Crippen LogP contribution in [0.2, 0.25) is 0 Å². The largest absolute Gasteiger partial charge is 0.309 e. The first-order valence-corrected chi connectivity index (χ1v) is 6.60. The van der Waals surface area contributed by atoms with Gasteiger partial charge in [-0.2, -0.15) is 0 Å². The smallest absolute Gasteiger partial charge is 0.161 e. The average Bonchev–Trinajstić information content (AvgIpc) is 2.37. The molecule has 0 saturated heterocycles. The maximum atomic E-state index is 4.52. The fraction of sp³-hybridized carbons (Fsp3) is 0.308. The van der Waals surface area contributed by atoms with Crippen LogP contribution in [0.15, 0.2) is 35.2 Å². The number of hydrogen-bond donors (Lipinski definition) is 1. The van der Waals surface area contributed by atoms with Crippen LogP contribution in [0.25, 0.3) is 11.4 Å². The number of halogens is 1. The minimum Gasteiger partial charge on any atom is -0.309 e. The summed E-state index contributed by atoms with van der Waals surface area (Å²) in [6.45, 7) is 4.97. The Hall–Kier alpha value is -1.33. The van der Waals surface area contributed by atoms with E-state index in [4.69, 9.17) is 0 Å². The highest BCUT2D eigenvalue weighted by Gasteiger charge is 2.04.